The average Bonchev–Trinajstić information content (AvgIpc) is 3.34. The van der Waals surface area contributed by atoms with Crippen LogP contribution in [0.15, 0.2) is 54.9 Å². The van der Waals surface area contributed by atoms with Crippen molar-refractivity contribution < 1.29 is 8.63 Å². The largest absolute Gasteiger partial charge is 0.411 e. The van der Waals surface area contributed by atoms with E-state index in [1.165, 1.54) is 0 Å². The molecule has 10 heteroatoms. The molecule has 0 aliphatic carbocycles. The highest BCUT2D eigenvalue weighted by Gasteiger charge is 2.37. The Morgan fingerprint density at radius 2 is 1.83 bits per heavy atom. The molecule has 1 aromatic carbocycles. The molecule has 220 valence electrons. The maximum Gasteiger partial charge on any atom is 0.192 e. The number of aromatic nitrogens is 5. The van der Waals surface area contributed by atoms with Crippen molar-refractivity contribution in [2.75, 3.05) is 0 Å². The van der Waals surface area contributed by atoms with Gasteiger partial charge in [0.05, 0.1) is 45.4 Å². The van der Waals surface area contributed by atoms with Crippen LogP contribution in [0.2, 0.25) is 18.1 Å². The first kappa shape index (κ1) is 31.1. The summed E-state index contributed by atoms with van der Waals surface area (Å²) in [7, 11) is -3.33. The third-order valence-electron chi connectivity index (χ3n) is 8.22. The maximum atomic E-state index is 12.1. The molecule has 0 bridgehead atoms. The van der Waals surface area contributed by atoms with Gasteiger partial charge in [-0.1, -0.05) is 52.3 Å². The molecule has 0 radical (unpaired) electrons. The van der Waals surface area contributed by atoms with Crippen LogP contribution in [0, 0.1) is 0 Å². The number of fused-ring (bicyclic) bond motifs is 1. The Hall–Kier alpha value is -2.79. The number of nitrogens with two attached hydrogens (primary N) is 1. The van der Waals surface area contributed by atoms with E-state index in [2.05, 4.69) is 69.1 Å². The van der Waals surface area contributed by atoms with Crippen LogP contribution in [0.5, 0.6) is 0 Å². The van der Waals surface area contributed by atoms with E-state index in [-0.39, 0.29) is 11.0 Å². The predicted octanol–water partition coefficient (Wildman–Crippen LogP) is 7.07. The summed E-state index contributed by atoms with van der Waals surface area (Å²) in [6.07, 6.45) is 6.19. The first-order valence-corrected chi connectivity index (χ1v) is 18.4. The van der Waals surface area contributed by atoms with Crippen LogP contribution in [0.25, 0.3) is 28.0 Å². The van der Waals surface area contributed by atoms with E-state index in [1.807, 2.05) is 55.2 Å². The van der Waals surface area contributed by atoms with Gasteiger partial charge in [0.25, 0.3) is 0 Å². The Kier molecular flexibility index (Phi) is 9.28. The number of hydrogen-bond acceptors (Lipinski definition) is 6. The van der Waals surface area contributed by atoms with Gasteiger partial charge < -0.3 is 4.43 Å². The molecule has 1 unspecified atom stereocenters. The molecule has 0 spiro atoms. The maximum absolute atomic E-state index is 12.1. The van der Waals surface area contributed by atoms with Crippen LogP contribution in [0.1, 0.15) is 78.2 Å². The Morgan fingerprint density at radius 3 is 2.51 bits per heavy atom. The highest BCUT2D eigenvalue weighted by Crippen LogP contribution is 2.37. The normalized spacial score (nSPS) is 14.4. The van der Waals surface area contributed by atoms with E-state index in [4.69, 9.17) is 19.5 Å². The smallest absolute Gasteiger partial charge is 0.192 e. The lowest BCUT2D eigenvalue weighted by Crippen LogP contribution is -2.40. The fourth-order valence-electron chi connectivity index (χ4n) is 4.57. The summed E-state index contributed by atoms with van der Waals surface area (Å²) in [5, 5.41) is 11.6. The van der Waals surface area contributed by atoms with Gasteiger partial charge in [-0.05, 0) is 69.1 Å². The minimum Gasteiger partial charge on any atom is -0.411 e. The molecular formula is C31H44N6O2SSi. The molecule has 0 saturated carbocycles. The van der Waals surface area contributed by atoms with Gasteiger partial charge >= 0.3 is 0 Å². The molecule has 0 aliphatic heterocycles. The molecule has 2 atom stereocenters. The van der Waals surface area contributed by atoms with E-state index in [0.717, 1.165) is 52.3 Å². The quantitative estimate of drug-likeness (QED) is 0.187. The van der Waals surface area contributed by atoms with Gasteiger partial charge in [-0.15, -0.1) is 0 Å². The zero-order valence-corrected chi connectivity index (χ0v) is 27.5. The number of rotatable bonds is 11. The second-order valence-electron chi connectivity index (χ2n) is 12.9. The first-order valence-electron chi connectivity index (χ1n) is 14.3. The predicted molar refractivity (Wildman–Crippen MR) is 171 cm³/mol. The SMILES string of the molecule is CCC[C@H](CC(C)(C)S(N)=O)c1nccc(-c2ccc3cnn(-c4cccc(CO[Si](C)(C)C(C)(C)C)n4)c3c2)n1. The molecule has 0 amide bonds. The number of nitrogens with zero attached hydrogens (tertiary/aromatic N) is 5. The van der Waals surface area contributed by atoms with E-state index < -0.39 is 24.1 Å². The van der Waals surface area contributed by atoms with Gasteiger partial charge in [0, 0.05) is 23.1 Å². The summed E-state index contributed by atoms with van der Waals surface area (Å²) in [4.78, 5) is 14.5. The highest BCUT2D eigenvalue weighted by molar-refractivity contribution is 7.84. The third kappa shape index (κ3) is 7.17. The lowest BCUT2D eigenvalue weighted by Gasteiger charge is -2.36. The summed E-state index contributed by atoms with van der Waals surface area (Å²) in [5.41, 5.74) is 3.64. The lowest BCUT2D eigenvalue weighted by atomic mass is 9.91. The minimum atomic E-state index is -1.89. The monoisotopic (exact) mass is 592 g/mol. The standard InChI is InChI=1S/C31H44N6O2SSi/c1-9-11-23(19-31(5,6)40(32)38)29-33-17-16-26(36-29)22-14-15-24-20-34-37(27(24)18-22)28-13-10-12-25(35-28)21-39-41(7,8)30(2,3)4/h10,12-18,20,23H,9,11,19,21,32H2,1-8H3/t23-,40?/m1/s1. The summed E-state index contributed by atoms with van der Waals surface area (Å²) >= 11 is 0. The van der Waals surface area contributed by atoms with Crippen LogP contribution < -0.4 is 5.14 Å². The number of hydrogen-bond donors (Lipinski definition) is 1. The van der Waals surface area contributed by atoms with E-state index in [1.54, 1.807) is 0 Å². The Labute approximate surface area is 247 Å². The van der Waals surface area contributed by atoms with Gasteiger partial charge in [-0.25, -0.2) is 23.8 Å². The second-order valence-corrected chi connectivity index (χ2v) is 19.4. The van der Waals surface area contributed by atoms with Crippen molar-refractivity contribution in [2.45, 2.75) is 96.2 Å². The summed E-state index contributed by atoms with van der Waals surface area (Å²) in [6, 6.07) is 14.1. The molecule has 3 aromatic heterocycles. The number of benzene rings is 1. The fourth-order valence-corrected chi connectivity index (χ4v) is 5.88. The summed E-state index contributed by atoms with van der Waals surface area (Å²) < 4.78 is 19.9. The highest BCUT2D eigenvalue weighted by atomic mass is 32.2. The Balaban J connectivity index is 1.64. The molecule has 0 aliphatic rings. The average molecular weight is 593 g/mol. The molecule has 4 rings (SSSR count). The van der Waals surface area contributed by atoms with Crippen molar-refractivity contribution in [3.63, 3.8) is 0 Å². The summed E-state index contributed by atoms with van der Waals surface area (Å²) in [6.45, 7) is 17.7. The van der Waals surface area contributed by atoms with Crippen molar-refractivity contribution >= 4 is 30.2 Å². The molecule has 4 aromatic rings. The van der Waals surface area contributed by atoms with Gasteiger partial charge in [-0.2, -0.15) is 5.10 Å². The van der Waals surface area contributed by atoms with E-state index in [9.17, 15) is 4.21 Å². The molecule has 0 saturated heterocycles. The molecule has 0 fully saturated rings. The van der Waals surface area contributed by atoms with Crippen molar-refractivity contribution in [3.8, 4) is 17.1 Å². The van der Waals surface area contributed by atoms with Gasteiger partial charge in [-0.3, -0.25) is 5.14 Å². The minimum absolute atomic E-state index is 0.0668. The molecular weight excluding hydrogens is 549 g/mol. The Bertz CT molecular complexity index is 1530. The van der Waals surface area contributed by atoms with E-state index >= 15 is 0 Å². The molecule has 8 nitrogen and oxygen atoms in total. The van der Waals surface area contributed by atoms with Crippen LogP contribution in [0.3, 0.4) is 0 Å². The number of pyridine rings is 1. The second kappa shape index (κ2) is 12.2. The topological polar surface area (TPSA) is 109 Å². The van der Waals surface area contributed by atoms with Crippen molar-refractivity contribution in [2.24, 2.45) is 5.14 Å². The lowest BCUT2D eigenvalue weighted by molar-refractivity contribution is 0.272. The zero-order valence-electron chi connectivity index (χ0n) is 25.6. The molecule has 3 heterocycles. The van der Waals surface area contributed by atoms with Crippen LogP contribution in [-0.2, 0) is 22.0 Å². The van der Waals surface area contributed by atoms with Crippen molar-refractivity contribution in [1.82, 2.24) is 24.7 Å². The zero-order chi connectivity index (χ0) is 30.0. The third-order valence-corrected chi connectivity index (χ3v) is 14.0. The van der Waals surface area contributed by atoms with Gasteiger partial charge in [0.15, 0.2) is 14.1 Å². The molecule has 2 N–H and O–H groups in total. The Morgan fingerprint density at radius 1 is 1.07 bits per heavy atom. The van der Waals surface area contributed by atoms with Crippen molar-refractivity contribution in [1.29, 1.82) is 0 Å². The van der Waals surface area contributed by atoms with Crippen LogP contribution in [-0.4, -0.2) is 42.0 Å². The van der Waals surface area contributed by atoms with Gasteiger partial charge in [0.1, 0.15) is 5.82 Å². The van der Waals surface area contributed by atoms with Crippen LogP contribution in [0.4, 0.5) is 0 Å². The van der Waals surface area contributed by atoms with Crippen molar-refractivity contribution in [3.05, 3.63) is 66.4 Å². The van der Waals surface area contributed by atoms with Gasteiger partial charge in [0.2, 0.25) is 0 Å². The first-order chi connectivity index (χ1) is 19.2. The fraction of sp³-hybridized carbons (Fsp3) is 0.484. The van der Waals surface area contributed by atoms with Crippen LogP contribution >= 0.6 is 0 Å². The van der Waals surface area contributed by atoms with E-state index in [0.29, 0.717) is 13.0 Å². The summed E-state index contributed by atoms with van der Waals surface area (Å²) in [5.74, 6) is 1.57. The molecule has 41 heavy (non-hydrogen) atoms.